The number of para-hydroxylation sites is 1. The van der Waals surface area contributed by atoms with Gasteiger partial charge in [0.2, 0.25) is 11.7 Å². The average Bonchev–Trinajstić information content (AvgIpc) is 3.50. The fourth-order valence-corrected chi connectivity index (χ4v) is 4.83. The lowest BCUT2D eigenvalue weighted by Crippen LogP contribution is -2.29. The number of fused-ring (bicyclic) bond motifs is 1. The molecule has 5 rings (SSSR count). The van der Waals surface area contributed by atoms with Gasteiger partial charge in [-0.2, -0.15) is 4.98 Å². The molecule has 9 nitrogen and oxygen atoms in total. The fourth-order valence-electron chi connectivity index (χ4n) is 3.67. The second-order valence-corrected chi connectivity index (χ2v) is 9.74. The molecule has 2 aromatic carbocycles. The molecule has 1 aliphatic rings. The summed E-state index contributed by atoms with van der Waals surface area (Å²) in [7, 11) is 0. The van der Waals surface area contributed by atoms with Crippen molar-refractivity contribution >= 4 is 40.5 Å². The molecule has 1 aliphatic heterocycles. The van der Waals surface area contributed by atoms with E-state index in [1.54, 1.807) is 12.1 Å². The molecule has 1 unspecified atom stereocenters. The molecule has 3 N–H and O–H groups in total. The highest BCUT2D eigenvalue weighted by molar-refractivity contribution is 7.16. The first-order valence-corrected chi connectivity index (χ1v) is 11.9. The highest BCUT2D eigenvalue weighted by atomic mass is 35.5. The predicted octanol–water partition coefficient (Wildman–Crippen LogP) is 5.47. The van der Waals surface area contributed by atoms with E-state index in [1.807, 2.05) is 57.2 Å². The number of thiophene rings is 1. The van der Waals surface area contributed by atoms with Crippen LogP contribution in [0.4, 0.5) is 11.6 Å². The van der Waals surface area contributed by atoms with Crippen LogP contribution in [0.1, 0.15) is 42.1 Å². The van der Waals surface area contributed by atoms with Crippen molar-refractivity contribution in [1.82, 2.24) is 14.8 Å². The summed E-state index contributed by atoms with van der Waals surface area (Å²) in [6.07, 6.45) is 1.13. The Morgan fingerprint density at radius 2 is 2.03 bits per heavy atom. The second-order valence-electron chi connectivity index (χ2n) is 8.30. The Kier molecular flexibility index (Phi) is 5.78. The quantitative estimate of drug-likeness (QED) is 0.338. The fraction of sp³-hybridized carbons (Fsp3) is 0.208. The summed E-state index contributed by atoms with van der Waals surface area (Å²) in [4.78, 5) is 16.7. The maximum absolute atomic E-state index is 12.1. The van der Waals surface area contributed by atoms with E-state index >= 15 is 0 Å². The summed E-state index contributed by atoms with van der Waals surface area (Å²) >= 11 is 7.45. The first kappa shape index (κ1) is 23.0. The van der Waals surface area contributed by atoms with Crippen LogP contribution < -0.4 is 25.3 Å². The summed E-state index contributed by atoms with van der Waals surface area (Å²) < 4.78 is 19.3. The van der Waals surface area contributed by atoms with Gasteiger partial charge in [-0.25, -0.2) is 4.68 Å². The molecule has 0 saturated carbocycles. The van der Waals surface area contributed by atoms with Crippen LogP contribution in [0.2, 0.25) is 5.02 Å². The number of carbonyl (C=O) groups excluding carboxylic acids is 1. The first-order chi connectivity index (χ1) is 16.7. The van der Waals surface area contributed by atoms with E-state index < -0.39 is 17.8 Å². The van der Waals surface area contributed by atoms with Gasteiger partial charge in [-0.3, -0.25) is 4.79 Å². The lowest BCUT2D eigenvalue weighted by atomic mass is 10.1. The van der Waals surface area contributed by atoms with Gasteiger partial charge < -0.3 is 25.3 Å². The van der Waals surface area contributed by atoms with Crippen molar-refractivity contribution in [2.45, 2.75) is 32.7 Å². The molecule has 4 aromatic rings. The van der Waals surface area contributed by atoms with Crippen molar-refractivity contribution in [3.8, 4) is 22.2 Å². The number of hydrogen-bond donors (Lipinski definition) is 2. The Morgan fingerprint density at radius 3 is 2.80 bits per heavy atom. The van der Waals surface area contributed by atoms with Crippen molar-refractivity contribution in [3.05, 3.63) is 70.3 Å². The SMILES string of the molecule is CC(Oc1cc(-n2cnc(Nc3cccc4c3OC(C)(C)O4)n2)sc1C(N)=O)c1ccccc1Cl. The molecule has 3 heterocycles. The lowest BCUT2D eigenvalue weighted by Gasteiger charge is -2.16. The maximum atomic E-state index is 12.1. The van der Waals surface area contributed by atoms with Crippen LogP contribution in [0.5, 0.6) is 17.2 Å². The van der Waals surface area contributed by atoms with Gasteiger partial charge in [0.05, 0.1) is 5.69 Å². The van der Waals surface area contributed by atoms with E-state index in [0.29, 0.717) is 38.9 Å². The van der Waals surface area contributed by atoms with Crippen LogP contribution in [-0.4, -0.2) is 26.5 Å². The van der Waals surface area contributed by atoms with Gasteiger partial charge in [0.25, 0.3) is 5.91 Å². The molecule has 0 aliphatic carbocycles. The highest BCUT2D eigenvalue weighted by Gasteiger charge is 2.33. The third-order valence-electron chi connectivity index (χ3n) is 5.20. The van der Waals surface area contributed by atoms with Crippen LogP contribution >= 0.6 is 22.9 Å². The number of amides is 1. The van der Waals surface area contributed by atoms with Crippen LogP contribution in [0.25, 0.3) is 5.00 Å². The number of aromatic nitrogens is 3. The number of nitrogens with two attached hydrogens (primary N) is 1. The van der Waals surface area contributed by atoms with Crippen molar-refractivity contribution in [3.63, 3.8) is 0 Å². The summed E-state index contributed by atoms with van der Waals surface area (Å²) in [6, 6.07) is 14.6. The molecule has 1 atom stereocenters. The minimum absolute atomic E-state index is 0.276. The monoisotopic (exact) mass is 511 g/mol. The normalized spacial score (nSPS) is 14.5. The first-order valence-electron chi connectivity index (χ1n) is 10.7. The number of nitrogens with zero attached hydrogens (tertiary/aromatic N) is 3. The number of primary amides is 1. The number of benzene rings is 2. The predicted molar refractivity (Wildman–Crippen MR) is 133 cm³/mol. The lowest BCUT2D eigenvalue weighted by molar-refractivity contribution is -0.0428. The number of anilines is 2. The van der Waals surface area contributed by atoms with Gasteiger partial charge in [0.15, 0.2) is 11.5 Å². The smallest absolute Gasteiger partial charge is 0.262 e. The molecule has 0 saturated heterocycles. The molecule has 1 amide bonds. The number of hydrogen-bond acceptors (Lipinski definition) is 8. The summed E-state index contributed by atoms with van der Waals surface area (Å²) in [5.74, 6) is 0.562. The second kappa shape index (κ2) is 8.79. The third kappa shape index (κ3) is 4.62. The molecule has 11 heteroatoms. The van der Waals surface area contributed by atoms with Crippen molar-refractivity contribution < 1.29 is 19.0 Å². The summed E-state index contributed by atoms with van der Waals surface area (Å²) in [5, 5.41) is 8.83. The van der Waals surface area contributed by atoms with Crippen LogP contribution in [0.15, 0.2) is 54.9 Å². The Morgan fingerprint density at radius 1 is 1.23 bits per heavy atom. The van der Waals surface area contributed by atoms with Gasteiger partial charge in [-0.05, 0) is 25.1 Å². The van der Waals surface area contributed by atoms with E-state index in [0.717, 1.165) is 16.9 Å². The summed E-state index contributed by atoms with van der Waals surface area (Å²) in [5.41, 5.74) is 7.09. The van der Waals surface area contributed by atoms with E-state index in [1.165, 1.54) is 11.0 Å². The van der Waals surface area contributed by atoms with E-state index in [-0.39, 0.29) is 4.88 Å². The average molecular weight is 512 g/mol. The maximum Gasteiger partial charge on any atom is 0.262 e. The molecule has 180 valence electrons. The number of ether oxygens (including phenoxy) is 3. The zero-order valence-electron chi connectivity index (χ0n) is 19.1. The van der Waals surface area contributed by atoms with E-state index in [4.69, 9.17) is 31.5 Å². The van der Waals surface area contributed by atoms with Gasteiger partial charge in [-0.15, -0.1) is 16.4 Å². The van der Waals surface area contributed by atoms with Gasteiger partial charge >= 0.3 is 0 Å². The Balaban J connectivity index is 1.39. The van der Waals surface area contributed by atoms with Crippen molar-refractivity contribution in [2.24, 2.45) is 5.73 Å². The minimum Gasteiger partial charge on any atom is -0.484 e. The molecule has 0 radical (unpaired) electrons. The Labute approximate surface area is 210 Å². The molecule has 0 fully saturated rings. The van der Waals surface area contributed by atoms with Crippen molar-refractivity contribution in [2.75, 3.05) is 5.32 Å². The van der Waals surface area contributed by atoms with Crippen molar-refractivity contribution in [1.29, 1.82) is 0 Å². The Hall–Kier alpha value is -3.76. The molecular formula is C24H22ClN5O4S. The minimum atomic E-state index is -0.757. The largest absolute Gasteiger partial charge is 0.484 e. The Bertz CT molecular complexity index is 1420. The van der Waals surface area contributed by atoms with Gasteiger partial charge in [0.1, 0.15) is 28.1 Å². The molecule has 35 heavy (non-hydrogen) atoms. The van der Waals surface area contributed by atoms with Crippen LogP contribution in [0, 0.1) is 0 Å². The molecule has 2 aromatic heterocycles. The topological polar surface area (TPSA) is 114 Å². The molecule has 0 spiro atoms. The van der Waals surface area contributed by atoms with Crippen LogP contribution in [0.3, 0.4) is 0 Å². The standard InChI is InChI=1S/C24H22ClN5O4S/c1-13(14-7-4-5-8-15(14)25)32-18-11-19(35-21(18)22(26)31)30-12-27-23(29-30)28-16-9-6-10-17-20(16)34-24(2,3)33-17/h4-13H,1-3H3,(H2,26,31)(H,28,29). The number of halogens is 1. The zero-order valence-corrected chi connectivity index (χ0v) is 20.7. The van der Waals surface area contributed by atoms with Crippen LogP contribution in [-0.2, 0) is 0 Å². The van der Waals surface area contributed by atoms with E-state index in [9.17, 15) is 4.79 Å². The zero-order chi connectivity index (χ0) is 24.7. The summed E-state index contributed by atoms with van der Waals surface area (Å²) in [6.45, 7) is 5.53. The molecular weight excluding hydrogens is 490 g/mol. The molecule has 0 bridgehead atoms. The third-order valence-corrected chi connectivity index (χ3v) is 6.67. The number of carbonyl (C=O) groups is 1. The number of nitrogens with one attached hydrogen (secondary N) is 1. The number of rotatable bonds is 7. The van der Waals surface area contributed by atoms with Gasteiger partial charge in [-0.1, -0.05) is 35.9 Å². The van der Waals surface area contributed by atoms with Gasteiger partial charge in [0, 0.05) is 30.5 Å². The van der Waals surface area contributed by atoms with E-state index in [2.05, 4.69) is 15.4 Å². The highest BCUT2D eigenvalue weighted by Crippen LogP contribution is 2.45.